The van der Waals surface area contributed by atoms with Crippen molar-refractivity contribution < 1.29 is 5.11 Å². The molecule has 138 valence electrons. The SMILES string of the molecule is CCc1nn(C)c(CC)c1CN1CCC(c2ccnn2CCO)CC1. The van der Waals surface area contributed by atoms with Gasteiger partial charge in [0.1, 0.15) is 0 Å². The highest BCUT2D eigenvalue weighted by Crippen LogP contribution is 2.29. The molecule has 6 nitrogen and oxygen atoms in total. The predicted octanol–water partition coefficient (Wildman–Crippen LogP) is 2.11. The molecule has 1 N–H and O–H groups in total. The molecule has 1 aliphatic heterocycles. The number of nitrogens with zero attached hydrogens (tertiary/aromatic N) is 5. The number of aryl methyl sites for hydroxylation is 2. The number of aromatic nitrogens is 4. The second-order valence-corrected chi connectivity index (χ2v) is 6.96. The second kappa shape index (κ2) is 8.15. The summed E-state index contributed by atoms with van der Waals surface area (Å²) in [4.78, 5) is 2.57. The van der Waals surface area contributed by atoms with Crippen molar-refractivity contribution in [1.82, 2.24) is 24.5 Å². The highest BCUT2D eigenvalue weighted by molar-refractivity contribution is 5.26. The first kappa shape index (κ1) is 18.1. The minimum Gasteiger partial charge on any atom is -0.394 e. The van der Waals surface area contributed by atoms with E-state index in [2.05, 4.69) is 41.6 Å². The summed E-state index contributed by atoms with van der Waals surface area (Å²) in [5, 5.41) is 18.2. The van der Waals surface area contributed by atoms with Crippen molar-refractivity contribution in [2.45, 2.75) is 58.5 Å². The number of aliphatic hydroxyl groups excluding tert-OH is 1. The first-order valence-corrected chi connectivity index (χ1v) is 9.56. The molecule has 0 radical (unpaired) electrons. The molecular formula is C19H31N5O. The Labute approximate surface area is 150 Å². The third-order valence-corrected chi connectivity index (χ3v) is 5.48. The van der Waals surface area contributed by atoms with Gasteiger partial charge in [-0.25, -0.2) is 0 Å². The summed E-state index contributed by atoms with van der Waals surface area (Å²) in [5.41, 5.74) is 5.34. The molecule has 0 atom stereocenters. The third-order valence-electron chi connectivity index (χ3n) is 5.48. The number of rotatable bonds is 7. The molecule has 0 unspecified atom stereocenters. The molecular weight excluding hydrogens is 314 g/mol. The summed E-state index contributed by atoms with van der Waals surface area (Å²) in [5.74, 6) is 0.551. The summed E-state index contributed by atoms with van der Waals surface area (Å²) in [6.45, 7) is 8.38. The summed E-state index contributed by atoms with van der Waals surface area (Å²) in [7, 11) is 2.07. The van der Waals surface area contributed by atoms with Gasteiger partial charge in [0.2, 0.25) is 0 Å². The summed E-state index contributed by atoms with van der Waals surface area (Å²) in [6, 6.07) is 2.11. The summed E-state index contributed by atoms with van der Waals surface area (Å²) < 4.78 is 4.03. The quantitative estimate of drug-likeness (QED) is 0.835. The van der Waals surface area contributed by atoms with Gasteiger partial charge < -0.3 is 5.11 Å². The van der Waals surface area contributed by atoms with Crippen LogP contribution in [0.3, 0.4) is 0 Å². The van der Waals surface area contributed by atoms with Gasteiger partial charge in [-0.3, -0.25) is 14.3 Å². The lowest BCUT2D eigenvalue weighted by molar-refractivity contribution is 0.198. The minimum absolute atomic E-state index is 0.147. The van der Waals surface area contributed by atoms with Gasteiger partial charge >= 0.3 is 0 Å². The number of hydrogen-bond donors (Lipinski definition) is 1. The van der Waals surface area contributed by atoms with Crippen LogP contribution < -0.4 is 0 Å². The Kier molecular flexibility index (Phi) is 5.91. The van der Waals surface area contributed by atoms with E-state index >= 15 is 0 Å². The first-order chi connectivity index (χ1) is 12.2. The lowest BCUT2D eigenvalue weighted by Gasteiger charge is -2.32. The van der Waals surface area contributed by atoms with Gasteiger partial charge in [-0.2, -0.15) is 10.2 Å². The van der Waals surface area contributed by atoms with Gasteiger partial charge in [-0.05, 0) is 44.8 Å². The molecule has 0 spiro atoms. The van der Waals surface area contributed by atoms with Gasteiger partial charge in [-0.1, -0.05) is 13.8 Å². The van der Waals surface area contributed by atoms with E-state index in [9.17, 15) is 5.11 Å². The van der Waals surface area contributed by atoms with E-state index in [4.69, 9.17) is 5.10 Å². The zero-order chi connectivity index (χ0) is 17.8. The molecule has 1 saturated heterocycles. The molecule has 0 aliphatic carbocycles. The van der Waals surface area contributed by atoms with Crippen LogP contribution in [-0.2, 0) is 33.0 Å². The molecule has 2 aromatic rings. The van der Waals surface area contributed by atoms with Crippen molar-refractivity contribution in [1.29, 1.82) is 0 Å². The third kappa shape index (κ3) is 3.80. The maximum absolute atomic E-state index is 9.19. The number of piperidine rings is 1. The van der Waals surface area contributed by atoms with Crippen molar-refractivity contribution in [2.75, 3.05) is 19.7 Å². The Bertz CT molecular complexity index is 682. The van der Waals surface area contributed by atoms with Gasteiger partial charge in [-0.15, -0.1) is 0 Å². The fourth-order valence-electron chi connectivity index (χ4n) is 4.15. The second-order valence-electron chi connectivity index (χ2n) is 6.96. The topological polar surface area (TPSA) is 59.1 Å². The Hall–Kier alpha value is -1.66. The van der Waals surface area contributed by atoms with Crippen molar-refractivity contribution >= 4 is 0 Å². The molecule has 6 heteroatoms. The van der Waals surface area contributed by atoms with E-state index in [-0.39, 0.29) is 6.61 Å². The maximum atomic E-state index is 9.19. The van der Waals surface area contributed by atoms with E-state index in [0.717, 1.165) is 45.3 Å². The van der Waals surface area contributed by atoms with E-state index in [1.165, 1.54) is 22.6 Å². The molecule has 0 aromatic carbocycles. The molecule has 3 heterocycles. The zero-order valence-corrected chi connectivity index (χ0v) is 15.8. The lowest BCUT2D eigenvalue weighted by atomic mass is 9.93. The van der Waals surface area contributed by atoms with Crippen LogP contribution in [0.15, 0.2) is 12.3 Å². The van der Waals surface area contributed by atoms with E-state index < -0.39 is 0 Å². The first-order valence-electron chi connectivity index (χ1n) is 9.56. The monoisotopic (exact) mass is 345 g/mol. The number of likely N-dealkylation sites (tertiary alicyclic amines) is 1. The molecule has 3 rings (SSSR count). The van der Waals surface area contributed by atoms with Crippen LogP contribution >= 0.6 is 0 Å². The minimum atomic E-state index is 0.147. The van der Waals surface area contributed by atoms with Crippen molar-refractivity contribution in [3.05, 3.63) is 34.9 Å². The van der Waals surface area contributed by atoms with Gasteiger partial charge in [0, 0.05) is 42.7 Å². The average molecular weight is 345 g/mol. The zero-order valence-electron chi connectivity index (χ0n) is 15.8. The smallest absolute Gasteiger partial charge is 0.0669 e. The summed E-state index contributed by atoms with van der Waals surface area (Å²) >= 11 is 0. The molecule has 2 aromatic heterocycles. The Balaban J connectivity index is 1.64. The van der Waals surface area contributed by atoms with E-state index in [1.54, 1.807) is 0 Å². The molecule has 1 fully saturated rings. The normalized spacial score (nSPS) is 16.6. The Morgan fingerprint density at radius 1 is 1.20 bits per heavy atom. The van der Waals surface area contributed by atoms with Gasteiger partial charge in [0.15, 0.2) is 0 Å². The largest absolute Gasteiger partial charge is 0.394 e. The molecule has 1 aliphatic rings. The highest BCUT2D eigenvalue weighted by atomic mass is 16.3. The molecule has 0 bridgehead atoms. The maximum Gasteiger partial charge on any atom is 0.0669 e. The van der Waals surface area contributed by atoms with Crippen LogP contribution in [0.5, 0.6) is 0 Å². The standard InChI is InChI=1S/C19H31N5O/c1-4-17-16(18(5-2)22(3)21-17)14-23-10-7-15(8-11-23)19-6-9-20-24(19)12-13-25/h6,9,15,25H,4-5,7-8,10-14H2,1-3H3. The van der Waals surface area contributed by atoms with Crippen LogP contribution in [0.25, 0.3) is 0 Å². The molecule has 0 saturated carbocycles. The van der Waals surface area contributed by atoms with Crippen LogP contribution in [-0.4, -0.2) is 49.3 Å². The van der Waals surface area contributed by atoms with Crippen molar-refractivity contribution in [3.63, 3.8) is 0 Å². The van der Waals surface area contributed by atoms with E-state index in [1.807, 2.05) is 10.9 Å². The van der Waals surface area contributed by atoms with Gasteiger partial charge in [0.25, 0.3) is 0 Å². The van der Waals surface area contributed by atoms with Crippen molar-refractivity contribution in [3.8, 4) is 0 Å². The predicted molar refractivity (Wildman–Crippen MR) is 98.5 cm³/mol. The molecule has 25 heavy (non-hydrogen) atoms. The van der Waals surface area contributed by atoms with Crippen LogP contribution in [0.4, 0.5) is 0 Å². The van der Waals surface area contributed by atoms with Crippen molar-refractivity contribution in [2.24, 2.45) is 7.05 Å². The number of aliphatic hydroxyl groups is 1. The molecule has 0 amide bonds. The fraction of sp³-hybridized carbons (Fsp3) is 0.684. The average Bonchev–Trinajstić information content (AvgIpc) is 3.20. The number of hydrogen-bond acceptors (Lipinski definition) is 4. The van der Waals surface area contributed by atoms with E-state index in [0.29, 0.717) is 12.5 Å². The summed E-state index contributed by atoms with van der Waals surface area (Å²) in [6.07, 6.45) is 6.20. The van der Waals surface area contributed by atoms with Crippen LogP contribution in [0, 0.1) is 0 Å². The van der Waals surface area contributed by atoms with Gasteiger partial charge in [0.05, 0.1) is 18.8 Å². The van der Waals surface area contributed by atoms with Crippen LogP contribution in [0.1, 0.15) is 55.3 Å². The Morgan fingerprint density at radius 2 is 1.96 bits per heavy atom. The van der Waals surface area contributed by atoms with Crippen LogP contribution in [0.2, 0.25) is 0 Å². The highest BCUT2D eigenvalue weighted by Gasteiger charge is 2.25. The Morgan fingerprint density at radius 3 is 2.60 bits per heavy atom. The lowest BCUT2D eigenvalue weighted by Crippen LogP contribution is -2.33. The fourth-order valence-corrected chi connectivity index (χ4v) is 4.15.